The van der Waals surface area contributed by atoms with E-state index >= 15 is 0 Å². The zero-order valence-corrected chi connectivity index (χ0v) is 41.7. The fourth-order valence-electron chi connectivity index (χ4n) is 11.6. The smallest absolute Gasteiger partial charge is 0.164 e. The number of nitrogens with zero attached hydrogens (tertiary/aromatic N) is 3. The minimum Gasteiger partial charge on any atom is -0.208 e. The van der Waals surface area contributed by atoms with Crippen molar-refractivity contribution in [3.05, 3.63) is 272 Å². The van der Waals surface area contributed by atoms with Gasteiger partial charge in [-0.1, -0.05) is 220 Å². The van der Waals surface area contributed by atoms with E-state index in [-0.39, 0.29) is 5.41 Å². The average molecular weight is 956 g/mol. The summed E-state index contributed by atoms with van der Waals surface area (Å²) in [6, 6.07) is 94.1. The van der Waals surface area contributed by atoms with Crippen LogP contribution >= 0.6 is 0 Å². The third-order valence-corrected chi connectivity index (χ3v) is 15.5. The Kier molecular flexibility index (Phi) is 10.5. The molecule has 0 fully saturated rings. The highest BCUT2D eigenvalue weighted by molar-refractivity contribution is 6.26. The van der Waals surface area contributed by atoms with Crippen LogP contribution in [-0.4, -0.2) is 15.0 Å². The molecule has 0 atom stereocenters. The summed E-state index contributed by atoms with van der Waals surface area (Å²) < 4.78 is 0. The maximum Gasteiger partial charge on any atom is 0.164 e. The molecule has 0 unspecified atom stereocenters. The molecule has 3 heteroatoms. The van der Waals surface area contributed by atoms with Gasteiger partial charge in [0.05, 0.1) is 0 Å². The van der Waals surface area contributed by atoms with Crippen molar-refractivity contribution < 1.29 is 0 Å². The summed E-state index contributed by atoms with van der Waals surface area (Å²) in [5.74, 6) is 1.81. The monoisotopic (exact) mass is 955 g/mol. The molecule has 0 radical (unpaired) electrons. The van der Waals surface area contributed by atoms with Crippen LogP contribution in [0.1, 0.15) is 25.0 Å². The van der Waals surface area contributed by atoms with E-state index in [9.17, 15) is 0 Å². The molecular formula is C72H49N3. The van der Waals surface area contributed by atoms with Gasteiger partial charge in [-0.05, 0) is 165 Å². The van der Waals surface area contributed by atoms with Crippen LogP contribution in [0.4, 0.5) is 0 Å². The van der Waals surface area contributed by atoms with Crippen molar-refractivity contribution in [2.75, 3.05) is 0 Å². The lowest BCUT2D eigenvalue weighted by Crippen LogP contribution is -2.14. The Hall–Kier alpha value is -9.57. The van der Waals surface area contributed by atoms with Gasteiger partial charge in [-0.3, -0.25) is 0 Å². The molecule has 3 nitrogen and oxygen atoms in total. The topological polar surface area (TPSA) is 38.7 Å². The van der Waals surface area contributed by atoms with Gasteiger partial charge in [0.15, 0.2) is 17.5 Å². The van der Waals surface area contributed by atoms with Gasteiger partial charge in [-0.15, -0.1) is 0 Å². The fourth-order valence-corrected chi connectivity index (χ4v) is 11.6. The van der Waals surface area contributed by atoms with Gasteiger partial charge in [0.2, 0.25) is 0 Å². The average Bonchev–Trinajstić information content (AvgIpc) is 3.81. The molecule has 1 aliphatic carbocycles. The Bertz CT molecular complexity index is 4080. The number of aromatic nitrogens is 3. The molecule has 0 bridgehead atoms. The first kappa shape index (κ1) is 44.2. The van der Waals surface area contributed by atoms with Crippen molar-refractivity contribution in [1.29, 1.82) is 0 Å². The summed E-state index contributed by atoms with van der Waals surface area (Å²) in [7, 11) is 0. The zero-order valence-electron chi connectivity index (χ0n) is 41.7. The van der Waals surface area contributed by atoms with Gasteiger partial charge in [0.25, 0.3) is 0 Å². The van der Waals surface area contributed by atoms with Crippen molar-refractivity contribution in [3.63, 3.8) is 0 Å². The minimum atomic E-state index is -0.0889. The second-order valence-electron chi connectivity index (χ2n) is 20.4. The van der Waals surface area contributed by atoms with Gasteiger partial charge in [0, 0.05) is 22.1 Å². The molecule has 1 aliphatic rings. The lowest BCUT2D eigenvalue weighted by molar-refractivity contribution is 0.661. The van der Waals surface area contributed by atoms with E-state index in [1.165, 1.54) is 54.6 Å². The van der Waals surface area contributed by atoms with Crippen molar-refractivity contribution >= 4 is 32.3 Å². The molecule has 352 valence electrons. The highest BCUT2D eigenvalue weighted by Gasteiger charge is 2.35. The second-order valence-corrected chi connectivity index (χ2v) is 20.4. The summed E-state index contributed by atoms with van der Waals surface area (Å²) in [6.45, 7) is 4.73. The Morgan fingerprint density at radius 2 is 0.560 bits per heavy atom. The first-order valence-corrected chi connectivity index (χ1v) is 25.8. The Labute approximate surface area is 437 Å². The molecule has 0 aliphatic heterocycles. The number of hydrogen-bond donors (Lipinski definition) is 0. The van der Waals surface area contributed by atoms with E-state index < -0.39 is 0 Å². The third-order valence-electron chi connectivity index (χ3n) is 15.5. The number of rotatable bonds is 8. The molecule has 14 rings (SSSR count). The summed E-state index contributed by atoms with van der Waals surface area (Å²) in [5, 5.41) is 7.63. The molecule has 0 amide bonds. The second kappa shape index (κ2) is 17.9. The molecule has 0 spiro atoms. The first-order chi connectivity index (χ1) is 36.9. The highest BCUT2D eigenvalue weighted by atomic mass is 15.0. The molecule has 0 N–H and O–H groups in total. The summed E-state index contributed by atoms with van der Waals surface area (Å²) in [4.78, 5) is 16.1. The predicted molar refractivity (Wildman–Crippen MR) is 313 cm³/mol. The van der Waals surface area contributed by atoms with Crippen LogP contribution in [0.2, 0.25) is 0 Å². The highest BCUT2D eigenvalue weighted by Crippen LogP contribution is 2.51. The Balaban J connectivity index is 0.921. The van der Waals surface area contributed by atoms with Crippen LogP contribution in [0.15, 0.2) is 261 Å². The summed E-state index contributed by atoms with van der Waals surface area (Å²) in [5.41, 5.74) is 19.2. The quantitative estimate of drug-likeness (QED) is 0.142. The van der Waals surface area contributed by atoms with Crippen LogP contribution in [0.5, 0.6) is 0 Å². The zero-order chi connectivity index (χ0) is 50.0. The molecule has 1 heterocycles. The minimum absolute atomic E-state index is 0.0889. The normalized spacial score (nSPS) is 12.5. The van der Waals surface area contributed by atoms with Gasteiger partial charge < -0.3 is 0 Å². The van der Waals surface area contributed by atoms with E-state index in [0.717, 1.165) is 72.3 Å². The van der Waals surface area contributed by atoms with Gasteiger partial charge in [-0.2, -0.15) is 0 Å². The fraction of sp³-hybridized carbons (Fsp3) is 0.0417. The van der Waals surface area contributed by atoms with Crippen LogP contribution < -0.4 is 0 Å². The molecule has 13 aromatic rings. The molecule has 12 aromatic carbocycles. The van der Waals surface area contributed by atoms with Crippen LogP contribution in [0.3, 0.4) is 0 Å². The maximum atomic E-state index is 5.39. The van der Waals surface area contributed by atoms with Crippen molar-refractivity contribution in [3.8, 4) is 101 Å². The first-order valence-electron chi connectivity index (χ1n) is 25.8. The van der Waals surface area contributed by atoms with E-state index in [4.69, 9.17) is 15.0 Å². The van der Waals surface area contributed by atoms with E-state index in [2.05, 4.69) is 275 Å². The summed E-state index contributed by atoms with van der Waals surface area (Å²) in [6.07, 6.45) is 0. The standard InChI is InChI=1S/C72H49N3/c1-72(2)67-30-18-17-29-62(67)66-44-64-60-28-16-15-27-59(60)63-43-52(35-36-61(63)65(64)45-68(66)72)50-31-33-51(34-32-50)69-73-70(57-39-53(46-19-7-3-8-20-46)37-54(40-57)47-21-9-4-10-22-47)75-71(74-69)58-41-55(48-23-11-5-12-24-48)38-56(42-58)49-25-13-6-14-26-49/h3-45H,1-2H3. The van der Waals surface area contributed by atoms with E-state index in [1.54, 1.807) is 0 Å². The van der Waals surface area contributed by atoms with Crippen LogP contribution in [-0.2, 0) is 5.41 Å². The van der Waals surface area contributed by atoms with Crippen LogP contribution in [0, 0.1) is 0 Å². The van der Waals surface area contributed by atoms with Crippen molar-refractivity contribution in [1.82, 2.24) is 15.0 Å². The van der Waals surface area contributed by atoms with Crippen LogP contribution in [0.25, 0.3) is 133 Å². The lowest BCUT2D eigenvalue weighted by atomic mass is 9.81. The lowest BCUT2D eigenvalue weighted by Gasteiger charge is -2.22. The van der Waals surface area contributed by atoms with Crippen molar-refractivity contribution in [2.24, 2.45) is 0 Å². The Morgan fingerprint density at radius 3 is 1.05 bits per heavy atom. The SMILES string of the molecule is CC1(C)c2ccccc2-c2cc3c4ccccc4c4cc(-c5ccc(-c6nc(-c7cc(-c8ccccc8)cc(-c8ccccc8)c7)nc(-c7cc(-c8ccccc8)cc(-c8ccccc8)c7)n6)cc5)ccc4c3cc21. The molecular weight excluding hydrogens is 907 g/mol. The number of benzene rings is 12. The van der Waals surface area contributed by atoms with E-state index in [1.807, 2.05) is 0 Å². The Morgan fingerprint density at radius 1 is 0.213 bits per heavy atom. The van der Waals surface area contributed by atoms with E-state index in [0.29, 0.717) is 17.5 Å². The van der Waals surface area contributed by atoms with Gasteiger partial charge >= 0.3 is 0 Å². The number of fused-ring (bicyclic) bond motifs is 9. The van der Waals surface area contributed by atoms with Gasteiger partial charge in [0.1, 0.15) is 0 Å². The molecule has 75 heavy (non-hydrogen) atoms. The summed E-state index contributed by atoms with van der Waals surface area (Å²) >= 11 is 0. The molecule has 1 aromatic heterocycles. The van der Waals surface area contributed by atoms with Gasteiger partial charge in [-0.25, -0.2) is 15.0 Å². The van der Waals surface area contributed by atoms with Crippen molar-refractivity contribution in [2.45, 2.75) is 19.3 Å². The predicted octanol–water partition coefficient (Wildman–Crippen LogP) is 19.0. The maximum absolute atomic E-state index is 5.39. The molecule has 0 saturated heterocycles. The molecule has 0 saturated carbocycles. The largest absolute Gasteiger partial charge is 0.208 e. The number of hydrogen-bond acceptors (Lipinski definition) is 3. The third kappa shape index (κ3) is 7.80.